The Balaban J connectivity index is 0.000000380. The van der Waals surface area contributed by atoms with Crippen LogP contribution in [0.1, 0.15) is 94.9 Å². The van der Waals surface area contributed by atoms with Crippen molar-refractivity contribution in [2.24, 2.45) is 23.7 Å². The molecule has 0 spiro atoms. The SMILES string of the molecule is CC[C@H](C)[C@@H]1C[C@@H]([C@@H](C)OC(C)=O)C(OC(C)=O)O1.CC[C@H](C)[C@@H]1C[C@@H]([C@H](C)OC(C)=O)C(OC(C)=O)O1. The standard InChI is InChI=1S/2C14H24O5/c2*1-6-8(2)13-7-12(9(3)17-10(4)15)14(19-13)18-11(5)16/h2*8-9,12-14H,6-7H2,1-5H3/t8-,9+,12-,13-,14?;8-,9-,12-,13-,14?/m00/s1. The second kappa shape index (κ2) is 16.0. The van der Waals surface area contributed by atoms with Crippen LogP contribution in [0.25, 0.3) is 0 Å². The maximum atomic E-state index is 11.1. The second-order valence-electron chi connectivity index (χ2n) is 10.5. The van der Waals surface area contributed by atoms with Gasteiger partial charge in [-0.05, 0) is 38.5 Å². The zero-order valence-electron chi connectivity index (χ0n) is 24.7. The molecule has 2 rings (SSSR count). The molecule has 0 aromatic heterocycles. The molecule has 2 fully saturated rings. The number of carbonyl (C=O) groups is 4. The van der Waals surface area contributed by atoms with Crippen LogP contribution in [-0.4, -0.2) is 60.9 Å². The molecule has 2 saturated heterocycles. The first-order valence-corrected chi connectivity index (χ1v) is 13.7. The van der Waals surface area contributed by atoms with Gasteiger partial charge in [-0.25, -0.2) is 0 Å². The summed E-state index contributed by atoms with van der Waals surface area (Å²) in [6.07, 6.45) is 1.65. The van der Waals surface area contributed by atoms with Gasteiger partial charge in [0, 0.05) is 27.7 Å². The van der Waals surface area contributed by atoms with Crippen molar-refractivity contribution >= 4 is 23.9 Å². The molecule has 2 aliphatic heterocycles. The lowest BCUT2D eigenvalue weighted by Crippen LogP contribution is -2.32. The van der Waals surface area contributed by atoms with Gasteiger partial charge < -0.3 is 28.4 Å². The van der Waals surface area contributed by atoms with Gasteiger partial charge in [-0.1, -0.05) is 40.5 Å². The molecular formula is C28H48O10. The van der Waals surface area contributed by atoms with Gasteiger partial charge in [0.05, 0.1) is 24.0 Å². The highest BCUT2D eigenvalue weighted by molar-refractivity contribution is 5.67. The lowest BCUT2D eigenvalue weighted by molar-refractivity contribution is -0.190. The zero-order chi connectivity index (χ0) is 29.2. The second-order valence-corrected chi connectivity index (χ2v) is 10.5. The third-order valence-corrected chi connectivity index (χ3v) is 7.36. The Bertz CT molecular complexity index is 720. The molecule has 2 unspecified atom stereocenters. The zero-order valence-corrected chi connectivity index (χ0v) is 24.7. The molecule has 0 aromatic rings. The quantitative estimate of drug-likeness (QED) is 0.286. The highest BCUT2D eigenvalue weighted by Gasteiger charge is 2.44. The van der Waals surface area contributed by atoms with Crippen LogP contribution in [0.4, 0.5) is 0 Å². The maximum absolute atomic E-state index is 11.1. The van der Waals surface area contributed by atoms with E-state index >= 15 is 0 Å². The first kappa shape index (κ1) is 33.8. The predicted octanol–water partition coefficient (Wildman–Crippen LogP) is 4.56. The molecule has 2 aliphatic rings. The van der Waals surface area contributed by atoms with Gasteiger partial charge in [-0.2, -0.15) is 0 Å². The van der Waals surface area contributed by atoms with E-state index in [9.17, 15) is 19.2 Å². The fourth-order valence-corrected chi connectivity index (χ4v) is 4.76. The molecule has 0 aliphatic carbocycles. The van der Waals surface area contributed by atoms with Crippen LogP contribution in [0.5, 0.6) is 0 Å². The Labute approximate surface area is 227 Å². The van der Waals surface area contributed by atoms with E-state index in [0.717, 1.165) is 25.7 Å². The highest BCUT2D eigenvalue weighted by Crippen LogP contribution is 2.36. The average molecular weight is 545 g/mol. The first-order chi connectivity index (χ1) is 17.7. The third kappa shape index (κ3) is 10.9. The van der Waals surface area contributed by atoms with Crippen LogP contribution in [0, 0.1) is 23.7 Å². The van der Waals surface area contributed by atoms with Crippen molar-refractivity contribution in [3.8, 4) is 0 Å². The van der Waals surface area contributed by atoms with Crippen molar-refractivity contribution in [3.05, 3.63) is 0 Å². The van der Waals surface area contributed by atoms with Crippen molar-refractivity contribution < 1.29 is 47.6 Å². The Hall–Kier alpha value is -2.20. The van der Waals surface area contributed by atoms with E-state index in [1.165, 1.54) is 27.7 Å². The van der Waals surface area contributed by atoms with Crippen molar-refractivity contribution in [1.82, 2.24) is 0 Å². The van der Waals surface area contributed by atoms with Gasteiger partial charge in [0.25, 0.3) is 0 Å². The lowest BCUT2D eigenvalue weighted by Gasteiger charge is -2.23. The van der Waals surface area contributed by atoms with E-state index in [2.05, 4.69) is 27.7 Å². The van der Waals surface area contributed by atoms with E-state index in [-0.39, 0.29) is 60.1 Å². The Kier molecular flexibility index (Phi) is 14.3. The summed E-state index contributed by atoms with van der Waals surface area (Å²) < 4.78 is 32.4. The van der Waals surface area contributed by atoms with Crippen LogP contribution in [0.15, 0.2) is 0 Å². The molecule has 38 heavy (non-hydrogen) atoms. The minimum atomic E-state index is -0.620. The van der Waals surface area contributed by atoms with Gasteiger partial charge >= 0.3 is 23.9 Å². The number of ether oxygens (including phenoxy) is 6. The Morgan fingerprint density at radius 2 is 0.947 bits per heavy atom. The van der Waals surface area contributed by atoms with Crippen LogP contribution in [0.3, 0.4) is 0 Å². The molecule has 0 saturated carbocycles. The summed E-state index contributed by atoms with van der Waals surface area (Å²) in [4.78, 5) is 44.3. The van der Waals surface area contributed by atoms with Crippen molar-refractivity contribution in [1.29, 1.82) is 0 Å². The van der Waals surface area contributed by atoms with Crippen molar-refractivity contribution in [2.45, 2.75) is 132 Å². The molecule has 0 aromatic carbocycles. The van der Waals surface area contributed by atoms with E-state index < -0.39 is 12.6 Å². The average Bonchev–Trinajstić information content (AvgIpc) is 3.41. The predicted molar refractivity (Wildman–Crippen MR) is 138 cm³/mol. The third-order valence-electron chi connectivity index (χ3n) is 7.36. The lowest BCUT2D eigenvalue weighted by atomic mass is 9.92. The first-order valence-electron chi connectivity index (χ1n) is 13.7. The summed E-state index contributed by atoms with van der Waals surface area (Å²) in [6, 6.07) is 0. The fraction of sp³-hybridized carbons (Fsp3) is 0.857. The van der Waals surface area contributed by atoms with Crippen LogP contribution >= 0.6 is 0 Å². The smallest absolute Gasteiger partial charge is 0.304 e. The van der Waals surface area contributed by atoms with E-state index in [4.69, 9.17) is 28.4 Å². The maximum Gasteiger partial charge on any atom is 0.304 e. The van der Waals surface area contributed by atoms with E-state index in [0.29, 0.717) is 11.8 Å². The monoisotopic (exact) mass is 544 g/mol. The molecule has 0 N–H and O–H groups in total. The molecule has 220 valence electrons. The van der Waals surface area contributed by atoms with Gasteiger partial charge in [-0.3, -0.25) is 19.2 Å². The summed E-state index contributed by atoms with van der Waals surface area (Å²) in [5, 5.41) is 0. The molecule has 0 bridgehead atoms. The van der Waals surface area contributed by atoms with Crippen LogP contribution in [0.2, 0.25) is 0 Å². The van der Waals surface area contributed by atoms with E-state index in [1.54, 1.807) is 0 Å². The van der Waals surface area contributed by atoms with Gasteiger partial charge in [0.2, 0.25) is 12.6 Å². The summed E-state index contributed by atoms with van der Waals surface area (Å²) in [5.74, 6) is -0.870. The number of hydrogen-bond donors (Lipinski definition) is 0. The minimum absolute atomic E-state index is 0.0392. The molecular weight excluding hydrogens is 496 g/mol. The minimum Gasteiger partial charge on any atom is -0.462 e. The van der Waals surface area contributed by atoms with Gasteiger partial charge in [0.1, 0.15) is 12.2 Å². The van der Waals surface area contributed by atoms with Gasteiger partial charge in [0.15, 0.2) is 0 Å². The topological polar surface area (TPSA) is 124 Å². The van der Waals surface area contributed by atoms with Crippen LogP contribution < -0.4 is 0 Å². The van der Waals surface area contributed by atoms with Crippen molar-refractivity contribution in [2.75, 3.05) is 0 Å². The normalized spacial score (nSPS) is 29.6. The summed E-state index contributed by atoms with van der Waals surface area (Å²) in [5.41, 5.74) is 0. The molecule has 10 heteroatoms. The molecule has 0 radical (unpaired) electrons. The molecule has 0 amide bonds. The summed E-state index contributed by atoms with van der Waals surface area (Å²) in [6.45, 7) is 17.5. The van der Waals surface area contributed by atoms with Gasteiger partial charge in [-0.15, -0.1) is 0 Å². The fourth-order valence-electron chi connectivity index (χ4n) is 4.76. The Morgan fingerprint density at radius 1 is 0.632 bits per heavy atom. The summed E-state index contributed by atoms with van der Waals surface area (Å²) >= 11 is 0. The van der Waals surface area contributed by atoms with Crippen LogP contribution in [-0.2, 0) is 47.6 Å². The molecule has 10 atom stereocenters. The van der Waals surface area contributed by atoms with E-state index in [1.807, 2.05) is 13.8 Å². The van der Waals surface area contributed by atoms with Crippen molar-refractivity contribution in [3.63, 3.8) is 0 Å². The summed E-state index contributed by atoms with van der Waals surface area (Å²) in [7, 11) is 0. The number of rotatable bonds is 10. The number of carbonyl (C=O) groups excluding carboxylic acids is 4. The molecule has 10 nitrogen and oxygen atoms in total. The number of hydrogen-bond acceptors (Lipinski definition) is 10. The largest absolute Gasteiger partial charge is 0.462 e. The number of esters is 4. The highest BCUT2D eigenvalue weighted by atomic mass is 16.7. The Morgan fingerprint density at radius 3 is 1.18 bits per heavy atom. The molecule has 2 heterocycles.